The van der Waals surface area contributed by atoms with Gasteiger partial charge in [0.25, 0.3) is 0 Å². The Morgan fingerprint density at radius 3 is 2.71 bits per heavy atom. The smallest absolute Gasteiger partial charge is 0.199 e. The monoisotopic (exact) mass is 234 g/mol. The number of carbonyl (C=O) groups is 1. The zero-order valence-corrected chi connectivity index (χ0v) is 10.1. The molecule has 92 valence electrons. The maximum absolute atomic E-state index is 11.4. The Labute approximate surface area is 102 Å². The fourth-order valence-corrected chi connectivity index (χ4v) is 1.88. The Kier molecular flexibility index (Phi) is 4.15. The number of ether oxygens (including phenoxy) is 2. The van der Waals surface area contributed by atoms with Crippen molar-refractivity contribution in [2.75, 3.05) is 6.61 Å². The summed E-state index contributed by atoms with van der Waals surface area (Å²) >= 11 is 0. The van der Waals surface area contributed by atoms with E-state index in [0.29, 0.717) is 6.42 Å². The average Bonchev–Trinajstić information content (AvgIpc) is 2.40. The summed E-state index contributed by atoms with van der Waals surface area (Å²) in [6.45, 7) is 2.64. The Balaban J connectivity index is 1.95. The summed E-state index contributed by atoms with van der Waals surface area (Å²) in [6, 6.07) is 7.29. The molecular weight excluding hydrogens is 216 g/mol. The van der Waals surface area contributed by atoms with Crippen molar-refractivity contribution in [3.05, 3.63) is 29.8 Å². The first-order valence-electron chi connectivity index (χ1n) is 6.21. The highest BCUT2D eigenvalue weighted by Gasteiger charge is 2.15. The van der Waals surface area contributed by atoms with Crippen molar-refractivity contribution in [1.29, 1.82) is 0 Å². The number of hydrogen-bond acceptors (Lipinski definition) is 3. The Morgan fingerprint density at radius 1 is 1.35 bits per heavy atom. The molecule has 1 aliphatic rings. The third kappa shape index (κ3) is 3.30. The van der Waals surface area contributed by atoms with E-state index in [1.807, 2.05) is 31.2 Å². The maximum Gasteiger partial charge on any atom is 0.199 e. The lowest BCUT2D eigenvalue weighted by Gasteiger charge is -2.23. The first-order valence-corrected chi connectivity index (χ1v) is 6.21. The average molecular weight is 234 g/mol. The highest BCUT2D eigenvalue weighted by Crippen LogP contribution is 2.19. The number of ketones is 1. The van der Waals surface area contributed by atoms with Gasteiger partial charge in [0, 0.05) is 18.4 Å². The molecule has 3 nitrogen and oxygen atoms in total. The van der Waals surface area contributed by atoms with Crippen molar-refractivity contribution in [2.45, 2.75) is 38.9 Å². The van der Waals surface area contributed by atoms with Gasteiger partial charge in [0.1, 0.15) is 5.75 Å². The predicted molar refractivity (Wildman–Crippen MR) is 65.3 cm³/mol. The van der Waals surface area contributed by atoms with Gasteiger partial charge in [-0.2, -0.15) is 0 Å². The van der Waals surface area contributed by atoms with Crippen LogP contribution in [0.25, 0.3) is 0 Å². The molecule has 0 saturated carbocycles. The molecule has 0 amide bonds. The molecule has 0 aliphatic carbocycles. The summed E-state index contributed by atoms with van der Waals surface area (Å²) in [6.07, 6.45) is 3.61. The number of rotatable bonds is 4. The Hall–Kier alpha value is -1.35. The lowest BCUT2D eigenvalue weighted by atomic mass is 10.1. The number of benzene rings is 1. The summed E-state index contributed by atoms with van der Waals surface area (Å²) in [5, 5.41) is 0. The van der Waals surface area contributed by atoms with Crippen LogP contribution in [-0.4, -0.2) is 18.7 Å². The summed E-state index contributed by atoms with van der Waals surface area (Å²) in [4.78, 5) is 11.4. The van der Waals surface area contributed by atoms with Crippen LogP contribution in [0.5, 0.6) is 5.75 Å². The van der Waals surface area contributed by atoms with Crippen LogP contribution in [0, 0.1) is 0 Å². The van der Waals surface area contributed by atoms with Crippen molar-refractivity contribution in [3.63, 3.8) is 0 Å². The van der Waals surface area contributed by atoms with Gasteiger partial charge in [-0.15, -0.1) is 0 Å². The van der Waals surface area contributed by atoms with Gasteiger partial charge in [-0.25, -0.2) is 0 Å². The van der Waals surface area contributed by atoms with Crippen LogP contribution in [0.1, 0.15) is 43.0 Å². The zero-order valence-electron chi connectivity index (χ0n) is 10.1. The van der Waals surface area contributed by atoms with Gasteiger partial charge in [-0.05, 0) is 37.1 Å². The standard InChI is InChI=1S/C14H18O3/c1-2-13(15)11-6-8-12(9-7-11)17-14-5-3-4-10-16-14/h6-9,14H,2-5,10H2,1H3/t14-/m0/s1. The first kappa shape index (κ1) is 12.1. The van der Waals surface area contributed by atoms with Crippen LogP contribution in [0.15, 0.2) is 24.3 Å². The van der Waals surface area contributed by atoms with E-state index in [-0.39, 0.29) is 12.1 Å². The second kappa shape index (κ2) is 5.82. The van der Waals surface area contributed by atoms with Crippen molar-refractivity contribution in [1.82, 2.24) is 0 Å². The molecule has 1 aromatic rings. The number of hydrogen-bond donors (Lipinski definition) is 0. The molecule has 17 heavy (non-hydrogen) atoms. The maximum atomic E-state index is 11.4. The van der Waals surface area contributed by atoms with Crippen molar-refractivity contribution < 1.29 is 14.3 Å². The summed E-state index contributed by atoms with van der Waals surface area (Å²) in [5.74, 6) is 0.926. The van der Waals surface area contributed by atoms with Crippen molar-refractivity contribution >= 4 is 5.78 Å². The van der Waals surface area contributed by atoms with Gasteiger partial charge >= 0.3 is 0 Å². The normalized spacial score (nSPS) is 19.9. The minimum absolute atomic E-state index is 0.128. The van der Waals surface area contributed by atoms with Gasteiger partial charge in [-0.1, -0.05) is 6.92 Å². The molecular formula is C14H18O3. The first-order chi connectivity index (χ1) is 8.29. The van der Waals surface area contributed by atoms with Gasteiger partial charge < -0.3 is 9.47 Å². The molecule has 0 bridgehead atoms. The van der Waals surface area contributed by atoms with Crippen molar-refractivity contribution in [3.8, 4) is 5.75 Å². The molecule has 1 aliphatic heterocycles. The minimum Gasteiger partial charge on any atom is -0.465 e. The van der Waals surface area contributed by atoms with E-state index in [0.717, 1.165) is 37.2 Å². The Morgan fingerprint density at radius 2 is 2.12 bits per heavy atom. The molecule has 1 fully saturated rings. The third-order valence-corrected chi connectivity index (χ3v) is 2.90. The van der Waals surface area contributed by atoms with Crippen LogP contribution in [0.2, 0.25) is 0 Å². The summed E-state index contributed by atoms with van der Waals surface area (Å²) in [5.41, 5.74) is 0.740. The van der Waals surface area contributed by atoms with Crippen LogP contribution in [-0.2, 0) is 4.74 Å². The van der Waals surface area contributed by atoms with Gasteiger partial charge in [0.2, 0.25) is 0 Å². The second-order valence-electron chi connectivity index (χ2n) is 4.22. The van der Waals surface area contributed by atoms with Crippen LogP contribution in [0.4, 0.5) is 0 Å². The molecule has 0 radical (unpaired) electrons. The molecule has 1 heterocycles. The summed E-state index contributed by atoms with van der Waals surface area (Å²) in [7, 11) is 0. The van der Waals surface area contributed by atoms with Crippen LogP contribution >= 0.6 is 0 Å². The molecule has 2 rings (SSSR count). The highest BCUT2D eigenvalue weighted by molar-refractivity contribution is 5.95. The predicted octanol–water partition coefficient (Wildman–Crippen LogP) is 3.18. The van der Waals surface area contributed by atoms with E-state index in [4.69, 9.17) is 9.47 Å². The third-order valence-electron chi connectivity index (χ3n) is 2.90. The van der Waals surface area contributed by atoms with Crippen molar-refractivity contribution in [2.24, 2.45) is 0 Å². The minimum atomic E-state index is -0.128. The van der Waals surface area contributed by atoms with E-state index in [1.54, 1.807) is 0 Å². The Bertz CT molecular complexity index is 364. The molecule has 3 heteroatoms. The van der Waals surface area contributed by atoms with E-state index < -0.39 is 0 Å². The summed E-state index contributed by atoms with van der Waals surface area (Å²) < 4.78 is 11.2. The highest BCUT2D eigenvalue weighted by atomic mass is 16.7. The van der Waals surface area contributed by atoms with E-state index >= 15 is 0 Å². The SMILES string of the molecule is CCC(=O)c1ccc(O[C@H]2CCCCO2)cc1. The van der Waals surface area contributed by atoms with Gasteiger partial charge in [0.15, 0.2) is 12.1 Å². The molecule has 0 spiro atoms. The largest absolute Gasteiger partial charge is 0.465 e. The molecule has 1 atom stereocenters. The van der Waals surface area contributed by atoms with Crippen LogP contribution < -0.4 is 4.74 Å². The quantitative estimate of drug-likeness (QED) is 0.750. The van der Waals surface area contributed by atoms with E-state index in [1.165, 1.54) is 0 Å². The molecule has 0 aromatic heterocycles. The zero-order chi connectivity index (χ0) is 12.1. The van der Waals surface area contributed by atoms with Crippen LogP contribution in [0.3, 0.4) is 0 Å². The lowest BCUT2D eigenvalue weighted by Crippen LogP contribution is -2.24. The fourth-order valence-electron chi connectivity index (χ4n) is 1.88. The van der Waals surface area contributed by atoms with Gasteiger partial charge in [-0.3, -0.25) is 4.79 Å². The molecule has 1 saturated heterocycles. The van der Waals surface area contributed by atoms with Gasteiger partial charge in [0.05, 0.1) is 6.61 Å². The van der Waals surface area contributed by atoms with E-state index in [9.17, 15) is 4.79 Å². The number of Topliss-reactive ketones (excluding diaryl/α,β-unsaturated/α-hetero) is 1. The second-order valence-corrected chi connectivity index (χ2v) is 4.22. The molecule has 0 unspecified atom stereocenters. The fraction of sp³-hybridized carbons (Fsp3) is 0.500. The van der Waals surface area contributed by atoms with E-state index in [2.05, 4.69) is 0 Å². The molecule has 1 aromatic carbocycles. The topological polar surface area (TPSA) is 35.5 Å². The number of carbonyl (C=O) groups excluding carboxylic acids is 1. The lowest BCUT2D eigenvalue weighted by molar-refractivity contribution is -0.105. The molecule has 0 N–H and O–H groups in total.